The lowest BCUT2D eigenvalue weighted by Gasteiger charge is -2.03. The molecule has 0 bridgehead atoms. The summed E-state index contributed by atoms with van der Waals surface area (Å²) in [5.41, 5.74) is 3.54. The normalized spacial score (nSPS) is 10.6. The number of aryl methyl sites for hydroxylation is 2. The Balaban J connectivity index is 2.39. The Labute approximate surface area is 113 Å². The molecular formula is C13H13BrN2O2. The summed E-state index contributed by atoms with van der Waals surface area (Å²) in [4.78, 5) is 10.7. The molecule has 0 amide bonds. The van der Waals surface area contributed by atoms with Crippen molar-refractivity contribution in [3.63, 3.8) is 0 Å². The maximum absolute atomic E-state index is 10.7. The first-order chi connectivity index (χ1) is 8.47. The molecule has 1 aromatic heterocycles. The number of nitrogens with zero attached hydrogens (tertiary/aromatic N) is 2. The Kier molecular flexibility index (Phi) is 3.52. The molecule has 5 heteroatoms. The zero-order chi connectivity index (χ0) is 13.3. The van der Waals surface area contributed by atoms with Crippen LogP contribution in [0.2, 0.25) is 0 Å². The van der Waals surface area contributed by atoms with Gasteiger partial charge in [0.2, 0.25) is 0 Å². The number of hydrogen-bond donors (Lipinski definition) is 1. The van der Waals surface area contributed by atoms with Gasteiger partial charge in [-0.05, 0) is 31.5 Å². The summed E-state index contributed by atoms with van der Waals surface area (Å²) in [6, 6.07) is 5.91. The zero-order valence-corrected chi connectivity index (χ0v) is 11.7. The van der Waals surface area contributed by atoms with Crippen molar-refractivity contribution >= 4 is 21.9 Å². The van der Waals surface area contributed by atoms with E-state index in [1.807, 2.05) is 32.0 Å². The van der Waals surface area contributed by atoms with Crippen LogP contribution in [0.25, 0.3) is 5.69 Å². The summed E-state index contributed by atoms with van der Waals surface area (Å²) in [5, 5.41) is 13.1. The molecule has 0 radical (unpaired) electrons. The van der Waals surface area contributed by atoms with Crippen molar-refractivity contribution in [2.24, 2.45) is 0 Å². The molecule has 1 aromatic carbocycles. The van der Waals surface area contributed by atoms with Crippen LogP contribution in [0.4, 0.5) is 0 Å². The van der Waals surface area contributed by atoms with E-state index in [0.717, 1.165) is 27.0 Å². The van der Waals surface area contributed by atoms with Gasteiger partial charge in [-0.15, -0.1) is 0 Å². The first-order valence-corrected chi connectivity index (χ1v) is 6.30. The maximum atomic E-state index is 10.7. The summed E-state index contributed by atoms with van der Waals surface area (Å²) < 4.78 is 2.71. The quantitative estimate of drug-likeness (QED) is 0.948. The Morgan fingerprint density at radius 2 is 2.17 bits per heavy atom. The largest absolute Gasteiger partial charge is 0.481 e. The van der Waals surface area contributed by atoms with Gasteiger partial charge >= 0.3 is 5.97 Å². The third kappa shape index (κ3) is 2.61. The standard InChI is InChI=1S/C13H13BrN2O2/c1-8-3-4-11(6-12(8)14)16-7-10(5-13(17)18)9(2)15-16/h3-4,6-7H,5H2,1-2H3,(H,17,18). The molecular weight excluding hydrogens is 296 g/mol. The fourth-order valence-corrected chi connectivity index (χ4v) is 2.06. The average Bonchev–Trinajstić information content (AvgIpc) is 2.63. The molecule has 0 atom stereocenters. The number of aromatic nitrogens is 2. The van der Waals surface area contributed by atoms with Crippen LogP contribution in [-0.4, -0.2) is 20.9 Å². The SMILES string of the molecule is Cc1ccc(-n2cc(CC(=O)O)c(C)n2)cc1Br. The molecule has 0 aliphatic heterocycles. The van der Waals surface area contributed by atoms with Crippen molar-refractivity contribution in [1.29, 1.82) is 0 Å². The zero-order valence-electron chi connectivity index (χ0n) is 10.1. The van der Waals surface area contributed by atoms with Crippen LogP contribution in [0.15, 0.2) is 28.9 Å². The summed E-state index contributed by atoms with van der Waals surface area (Å²) >= 11 is 3.47. The Morgan fingerprint density at radius 1 is 1.44 bits per heavy atom. The predicted octanol–water partition coefficient (Wildman–Crippen LogP) is 2.88. The van der Waals surface area contributed by atoms with E-state index in [0.29, 0.717) is 0 Å². The highest BCUT2D eigenvalue weighted by molar-refractivity contribution is 9.10. The summed E-state index contributed by atoms with van der Waals surface area (Å²) in [6.07, 6.45) is 1.76. The van der Waals surface area contributed by atoms with E-state index in [-0.39, 0.29) is 6.42 Å². The van der Waals surface area contributed by atoms with Gasteiger partial charge < -0.3 is 5.11 Å². The molecule has 18 heavy (non-hydrogen) atoms. The molecule has 0 aliphatic rings. The van der Waals surface area contributed by atoms with Crippen LogP contribution in [0, 0.1) is 13.8 Å². The Hall–Kier alpha value is -1.62. The number of carbonyl (C=O) groups is 1. The molecule has 0 saturated heterocycles. The number of carboxylic acid groups (broad SMARTS) is 1. The van der Waals surface area contributed by atoms with E-state index in [2.05, 4.69) is 21.0 Å². The summed E-state index contributed by atoms with van der Waals surface area (Å²) in [5.74, 6) is -0.845. The second kappa shape index (κ2) is 4.94. The van der Waals surface area contributed by atoms with Crippen molar-refractivity contribution in [2.75, 3.05) is 0 Å². The average molecular weight is 309 g/mol. The molecule has 0 unspecified atom stereocenters. The number of hydrogen-bond acceptors (Lipinski definition) is 2. The van der Waals surface area contributed by atoms with Crippen molar-refractivity contribution < 1.29 is 9.90 Å². The minimum Gasteiger partial charge on any atom is -0.481 e. The van der Waals surface area contributed by atoms with Gasteiger partial charge in [-0.2, -0.15) is 5.10 Å². The van der Waals surface area contributed by atoms with Crippen LogP contribution in [0.1, 0.15) is 16.8 Å². The predicted molar refractivity (Wildman–Crippen MR) is 72.1 cm³/mol. The van der Waals surface area contributed by atoms with Crippen molar-refractivity contribution in [3.8, 4) is 5.69 Å². The number of benzene rings is 1. The van der Waals surface area contributed by atoms with Gasteiger partial charge in [0.05, 0.1) is 17.8 Å². The molecule has 94 valence electrons. The number of halogens is 1. The first-order valence-electron chi connectivity index (χ1n) is 5.51. The number of aliphatic carboxylic acids is 1. The summed E-state index contributed by atoms with van der Waals surface area (Å²) in [7, 11) is 0. The van der Waals surface area contributed by atoms with Gasteiger partial charge in [0.15, 0.2) is 0 Å². The second-order valence-electron chi connectivity index (χ2n) is 4.19. The molecule has 1 N–H and O–H groups in total. The maximum Gasteiger partial charge on any atom is 0.307 e. The van der Waals surface area contributed by atoms with Crippen LogP contribution >= 0.6 is 15.9 Å². The lowest BCUT2D eigenvalue weighted by atomic mass is 10.2. The highest BCUT2D eigenvalue weighted by atomic mass is 79.9. The van der Waals surface area contributed by atoms with E-state index in [1.165, 1.54) is 0 Å². The minimum atomic E-state index is -0.845. The van der Waals surface area contributed by atoms with Crippen LogP contribution in [0.5, 0.6) is 0 Å². The minimum absolute atomic E-state index is 0.00113. The van der Waals surface area contributed by atoms with Crippen molar-refractivity contribution in [3.05, 3.63) is 45.7 Å². The first kappa shape index (κ1) is 12.8. The molecule has 0 fully saturated rings. The van der Waals surface area contributed by atoms with E-state index < -0.39 is 5.97 Å². The van der Waals surface area contributed by atoms with Gasteiger partial charge in [0.1, 0.15) is 0 Å². The summed E-state index contributed by atoms with van der Waals surface area (Å²) in [6.45, 7) is 3.83. The van der Waals surface area contributed by atoms with E-state index in [9.17, 15) is 4.79 Å². The lowest BCUT2D eigenvalue weighted by Crippen LogP contribution is -2.00. The molecule has 1 heterocycles. The van der Waals surface area contributed by atoms with Gasteiger partial charge in [-0.25, -0.2) is 4.68 Å². The molecule has 2 aromatic rings. The fourth-order valence-electron chi connectivity index (χ4n) is 1.69. The highest BCUT2D eigenvalue weighted by Crippen LogP contribution is 2.20. The van der Waals surface area contributed by atoms with Crippen LogP contribution in [-0.2, 0) is 11.2 Å². The second-order valence-corrected chi connectivity index (χ2v) is 5.04. The van der Waals surface area contributed by atoms with Crippen molar-refractivity contribution in [2.45, 2.75) is 20.3 Å². The molecule has 0 spiro atoms. The molecule has 4 nitrogen and oxygen atoms in total. The van der Waals surface area contributed by atoms with Gasteiger partial charge in [0, 0.05) is 16.2 Å². The number of rotatable bonds is 3. The highest BCUT2D eigenvalue weighted by Gasteiger charge is 2.10. The number of carboxylic acids is 1. The van der Waals surface area contributed by atoms with Crippen LogP contribution < -0.4 is 0 Å². The molecule has 0 aliphatic carbocycles. The molecule has 0 saturated carbocycles. The van der Waals surface area contributed by atoms with Crippen molar-refractivity contribution in [1.82, 2.24) is 9.78 Å². The monoisotopic (exact) mass is 308 g/mol. The Morgan fingerprint density at radius 3 is 2.78 bits per heavy atom. The smallest absolute Gasteiger partial charge is 0.307 e. The van der Waals surface area contributed by atoms with Gasteiger partial charge in [-0.3, -0.25) is 4.79 Å². The van der Waals surface area contributed by atoms with Gasteiger partial charge in [-0.1, -0.05) is 22.0 Å². The van der Waals surface area contributed by atoms with E-state index >= 15 is 0 Å². The third-order valence-corrected chi connectivity index (χ3v) is 3.62. The van der Waals surface area contributed by atoms with Crippen LogP contribution in [0.3, 0.4) is 0 Å². The Bertz CT molecular complexity index is 605. The fraction of sp³-hybridized carbons (Fsp3) is 0.231. The van der Waals surface area contributed by atoms with E-state index in [1.54, 1.807) is 10.9 Å². The lowest BCUT2D eigenvalue weighted by molar-refractivity contribution is -0.136. The molecule has 2 rings (SSSR count). The van der Waals surface area contributed by atoms with Gasteiger partial charge in [0.25, 0.3) is 0 Å². The van der Waals surface area contributed by atoms with E-state index in [4.69, 9.17) is 5.11 Å². The third-order valence-electron chi connectivity index (χ3n) is 2.76. The topological polar surface area (TPSA) is 55.1 Å².